The summed E-state index contributed by atoms with van der Waals surface area (Å²) in [5, 5.41) is 8.49. The van der Waals surface area contributed by atoms with Crippen LogP contribution < -0.4 is 10.2 Å². The third kappa shape index (κ3) is 3.36. The lowest BCUT2D eigenvalue weighted by molar-refractivity contribution is -0.0528. The van der Waals surface area contributed by atoms with Crippen LogP contribution in [0, 0.1) is 0 Å². The predicted octanol–water partition coefficient (Wildman–Crippen LogP) is 2.46. The summed E-state index contributed by atoms with van der Waals surface area (Å²) in [4.78, 5) is 15.9. The number of benzene rings is 2. The summed E-state index contributed by atoms with van der Waals surface area (Å²) in [6.07, 6.45) is 2.06. The summed E-state index contributed by atoms with van der Waals surface area (Å²) in [6.45, 7) is 5.64. The molecule has 0 aliphatic carbocycles. The van der Waals surface area contributed by atoms with Gasteiger partial charge < -0.3 is 10.2 Å². The van der Waals surface area contributed by atoms with E-state index in [1.807, 2.05) is 0 Å². The van der Waals surface area contributed by atoms with Gasteiger partial charge in [-0.05, 0) is 43.1 Å². The minimum absolute atomic E-state index is 0.0431. The number of para-hydroxylation sites is 2. The van der Waals surface area contributed by atoms with Crippen LogP contribution >= 0.6 is 11.8 Å². The number of nitrogens with one attached hydrogen (secondary N) is 1. The van der Waals surface area contributed by atoms with Crippen molar-refractivity contribution >= 4 is 34.7 Å². The van der Waals surface area contributed by atoms with E-state index in [0.29, 0.717) is 6.67 Å². The molecule has 8 nitrogen and oxygen atoms in total. The molecule has 0 radical (unpaired) electrons. The zero-order chi connectivity index (χ0) is 21.7. The van der Waals surface area contributed by atoms with Gasteiger partial charge in [-0.1, -0.05) is 24.3 Å². The van der Waals surface area contributed by atoms with Crippen LogP contribution in [0.5, 0.6) is 0 Å². The van der Waals surface area contributed by atoms with Crippen molar-refractivity contribution in [3.63, 3.8) is 0 Å². The standard InChI is InChI=1S/C23H28N8S/c1-27-11-13-28(14-12-27)29-15-24-22-26-21(17-7-9-18(32-2)10-8-17)31-20-6-4-3-5-19(20)25-23(31)30(22)16-29/h3-10,21H,11-16H2,1-2H3,(H,24,26)/t21-/m1/s1. The van der Waals surface area contributed by atoms with Crippen LogP contribution in [0.1, 0.15) is 11.7 Å². The molecule has 166 valence electrons. The van der Waals surface area contributed by atoms with E-state index in [-0.39, 0.29) is 6.17 Å². The average Bonchev–Trinajstić information content (AvgIpc) is 3.24. The van der Waals surface area contributed by atoms with Crippen LogP contribution in [0.2, 0.25) is 0 Å². The SMILES string of the molecule is CSc1ccc([C@@H]2NC3=NCN(N4CCN(C)CC4)CN3c3nc4ccccc4n32)cc1. The smallest absolute Gasteiger partial charge is 0.216 e. The van der Waals surface area contributed by atoms with Crippen molar-refractivity contribution in [1.29, 1.82) is 0 Å². The zero-order valence-electron chi connectivity index (χ0n) is 18.5. The minimum atomic E-state index is -0.0431. The Morgan fingerprint density at radius 3 is 2.53 bits per heavy atom. The quantitative estimate of drug-likeness (QED) is 0.618. The monoisotopic (exact) mass is 448 g/mol. The van der Waals surface area contributed by atoms with Crippen molar-refractivity contribution in [3.05, 3.63) is 54.1 Å². The first-order chi connectivity index (χ1) is 15.7. The molecule has 1 atom stereocenters. The second-order valence-electron chi connectivity index (χ2n) is 8.55. The van der Waals surface area contributed by atoms with E-state index in [9.17, 15) is 0 Å². The Morgan fingerprint density at radius 2 is 1.75 bits per heavy atom. The van der Waals surface area contributed by atoms with E-state index in [4.69, 9.17) is 9.98 Å². The molecule has 1 N–H and O–H groups in total. The van der Waals surface area contributed by atoms with E-state index in [1.54, 1.807) is 11.8 Å². The molecule has 2 aromatic carbocycles. The summed E-state index contributed by atoms with van der Waals surface area (Å²) in [5.41, 5.74) is 3.34. The Labute approximate surface area is 192 Å². The molecule has 32 heavy (non-hydrogen) atoms. The molecule has 6 rings (SSSR count). The van der Waals surface area contributed by atoms with Crippen molar-refractivity contribution in [1.82, 2.24) is 29.8 Å². The molecular weight excluding hydrogens is 420 g/mol. The number of imidazole rings is 1. The molecule has 1 aromatic heterocycles. The van der Waals surface area contributed by atoms with Gasteiger partial charge in [0.1, 0.15) is 12.8 Å². The van der Waals surface area contributed by atoms with E-state index < -0.39 is 0 Å². The van der Waals surface area contributed by atoms with E-state index in [2.05, 4.69) is 91.5 Å². The molecule has 0 amide bonds. The van der Waals surface area contributed by atoms with Crippen LogP contribution in [0.25, 0.3) is 11.0 Å². The van der Waals surface area contributed by atoms with Crippen LogP contribution in [-0.2, 0) is 0 Å². The van der Waals surface area contributed by atoms with Crippen molar-refractivity contribution in [2.75, 3.05) is 57.7 Å². The van der Waals surface area contributed by atoms with Crippen molar-refractivity contribution in [2.24, 2.45) is 4.99 Å². The Bertz CT molecular complexity index is 1150. The number of fused-ring (bicyclic) bond motifs is 5. The summed E-state index contributed by atoms with van der Waals surface area (Å²) in [6, 6.07) is 17.2. The number of nitrogens with zero attached hydrogens (tertiary/aromatic N) is 7. The highest BCUT2D eigenvalue weighted by Gasteiger charge is 2.37. The van der Waals surface area contributed by atoms with Crippen LogP contribution in [0.3, 0.4) is 0 Å². The predicted molar refractivity (Wildman–Crippen MR) is 130 cm³/mol. The first kappa shape index (κ1) is 20.0. The van der Waals surface area contributed by atoms with Crippen LogP contribution in [-0.4, -0.2) is 83.2 Å². The summed E-state index contributed by atoms with van der Waals surface area (Å²) in [5.74, 6) is 1.85. The topological polar surface area (TPSA) is 55.2 Å². The van der Waals surface area contributed by atoms with E-state index in [0.717, 1.165) is 55.8 Å². The maximum atomic E-state index is 5.05. The molecule has 4 heterocycles. The molecular formula is C23H28N8S. The minimum Gasteiger partial charge on any atom is -0.331 e. The lowest BCUT2D eigenvalue weighted by Crippen LogP contribution is -2.62. The summed E-state index contributed by atoms with van der Waals surface area (Å²) < 4.78 is 2.32. The number of aliphatic imine (C=N–C) groups is 1. The van der Waals surface area contributed by atoms with Crippen LogP contribution in [0.15, 0.2) is 58.4 Å². The van der Waals surface area contributed by atoms with E-state index >= 15 is 0 Å². The number of anilines is 1. The third-order valence-electron chi connectivity index (χ3n) is 6.60. The highest BCUT2D eigenvalue weighted by Crippen LogP contribution is 2.34. The van der Waals surface area contributed by atoms with Crippen molar-refractivity contribution < 1.29 is 0 Å². The molecule has 0 spiro atoms. The number of hydrogen-bond donors (Lipinski definition) is 1. The zero-order valence-corrected chi connectivity index (χ0v) is 19.3. The fourth-order valence-electron chi connectivity index (χ4n) is 4.73. The van der Waals surface area contributed by atoms with Gasteiger partial charge in [0.05, 0.1) is 17.7 Å². The van der Waals surface area contributed by atoms with E-state index in [1.165, 1.54) is 10.5 Å². The van der Waals surface area contributed by atoms with Gasteiger partial charge >= 0.3 is 0 Å². The Kier molecular flexibility index (Phi) is 5.06. The lowest BCUT2D eigenvalue weighted by atomic mass is 10.1. The molecule has 9 heteroatoms. The van der Waals surface area contributed by atoms with Gasteiger partial charge in [0.15, 0.2) is 0 Å². The molecule has 0 bridgehead atoms. The fourth-order valence-corrected chi connectivity index (χ4v) is 5.14. The number of guanidine groups is 1. The molecule has 3 aliphatic rings. The fraction of sp³-hybridized carbons (Fsp3) is 0.391. The first-order valence-corrected chi connectivity index (χ1v) is 12.3. The normalized spacial score (nSPS) is 22.4. The first-order valence-electron chi connectivity index (χ1n) is 11.1. The number of hydrogen-bond acceptors (Lipinski definition) is 8. The van der Waals surface area contributed by atoms with Gasteiger partial charge in [-0.2, -0.15) is 0 Å². The number of likely N-dealkylation sites (N-methyl/N-ethyl adjacent to an activating group) is 1. The van der Waals surface area contributed by atoms with Crippen LogP contribution in [0.4, 0.5) is 5.95 Å². The van der Waals surface area contributed by atoms with Gasteiger partial charge in [-0.15, -0.1) is 11.8 Å². The molecule has 0 saturated carbocycles. The number of piperazine rings is 1. The Balaban J connectivity index is 1.39. The third-order valence-corrected chi connectivity index (χ3v) is 7.34. The highest BCUT2D eigenvalue weighted by molar-refractivity contribution is 7.98. The number of hydrazine groups is 1. The highest BCUT2D eigenvalue weighted by atomic mass is 32.2. The maximum Gasteiger partial charge on any atom is 0.216 e. The molecule has 1 saturated heterocycles. The molecule has 1 fully saturated rings. The van der Waals surface area contributed by atoms with Gasteiger partial charge in [-0.25, -0.2) is 20.0 Å². The second kappa shape index (κ2) is 8.08. The second-order valence-corrected chi connectivity index (χ2v) is 9.43. The number of rotatable bonds is 3. The Morgan fingerprint density at radius 1 is 0.969 bits per heavy atom. The summed E-state index contributed by atoms with van der Waals surface area (Å²) >= 11 is 1.76. The van der Waals surface area contributed by atoms with Crippen molar-refractivity contribution in [2.45, 2.75) is 11.1 Å². The largest absolute Gasteiger partial charge is 0.331 e. The summed E-state index contributed by atoms with van der Waals surface area (Å²) in [7, 11) is 2.19. The van der Waals surface area contributed by atoms with Crippen molar-refractivity contribution in [3.8, 4) is 0 Å². The average molecular weight is 449 g/mol. The van der Waals surface area contributed by atoms with Gasteiger partial charge in [-0.3, -0.25) is 9.47 Å². The lowest BCUT2D eigenvalue weighted by Gasteiger charge is -2.46. The number of thioether (sulfide) groups is 1. The maximum absolute atomic E-state index is 5.05. The number of aromatic nitrogens is 2. The molecule has 3 aromatic rings. The Hall–Kier alpha value is -2.59. The van der Waals surface area contributed by atoms with Gasteiger partial charge in [0.2, 0.25) is 11.9 Å². The molecule has 3 aliphatic heterocycles. The van der Waals surface area contributed by atoms with Gasteiger partial charge in [0, 0.05) is 31.1 Å². The molecule has 0 unspecified atom stereocenters. The van der Waals surface area contributed by atoms with Gasteiger partial charge in [0.25, 0.3) is 0 Å².